The van der Waals surface area contributed by atoms with Gasteiger partial charge in [-0.25, -0.2) is 0 Å². The smallest absolute Gasteiger partial charge is 0.185 e. The van der Waals surface area contributed by atoms with Gasteiger partial charge >= 0.3 is 0 Å². The van der Waals surface area contributed by atoms with Crippen molar-refractivity contribution in [2.45, 2.75) is 19.4 Å². The average Bonchev–Trinajstić information content (AvgIpc) is 2.03. The number of hydrogen-bond acceptors (Lipinski definition) is 3. The van der Waals surface area contributed by atoms with Crippen molar-refractivity contribution < 1.29 is 4.79 Å². The molecule has 0 saturated heterocycles. The third kappa shape index (κ3) is 4.61. The van der Waals surface area contributed by atoms with Crippen molar-refractivity contribution in [3.8, 4) is 0 Å². The van der Waals surface area contributed by atoms with E-state index < -0.39 is 0 Å². The zero-order valence-corrected chi connectivity index (χ0v) is 8.68. The zero-order valence-electron chi connectivity index (χ0n) is 8.68. The summed E-state index contributed by atoms with van der Waals surface area (Å²) in [5.41, 5.74) is 5.91. The first-order valence-corrected chi connectivity index (χ1v) is 4.42. The standard InChI is InChI=1S/C9H18N4O/c1-6(4-5-13-9(10)11)8(12-3)7(2)14/h8,12H,1,4-5H2,2-3H3,(H4,10,11,13)/t8-/m0/s1. The van der Waals surface area contributed by atoms with Crippen molar-refractivity contribution in [2.24, 2.45) is 5.73 Å². The van der Waals surface area contributed by atoms with E-state index in [1.807, 2.05) is 0 Å². The number of ketones is 1. The van der Waals surface area contributed by atoms with Crippen LogP contribution >= 0.6 is 0 Å². The predicted molar refractivity (Wildman–Crippen MR) is 57.2 cm³/mol. The van der Waals surface area contributed by atoms with Crippen molar-refractivity contribution in [3.63, 3.8) is 0 Å². The maximum atomic E-state index is 11.1. The molecule has 1 atom stereocenters. The van der Waals surface area contributed by atoms with Gasteiger partial charge in [-0.05, 0) is 20.4 Å². The number of rotatable bonds is 6. The van der Waals surface area contributed by atoms with Crippen LogP contribution in [0, 0.1) is 5.41 Å². The second kappa shape index (κ2) is 6.15. The minimum Gasteiger partial charge on any atom is -0.370 e. The Hall–Kier alpha value is -1.36. The molecule has 0 aromatic heterocycles. The van der Waals surface area contributed by atoms with Crippen LogP contribution in [0.5, 0.6) is 0 Å². The maximum absolute atomic E-state index is 11.1. The Kier molecular flexibility index (Phi) is 5.55. The number of carbonyl (C=O) groups excluding carboxylic acids is 1. The molecule has 0 fully saturated rings. The first-order chi connectivity index (χ1) is 6.49. The summed E-state index contributed by atoms with van der Waals surface area (Å²) in [6, 6.07) is -0.302. The van der Waals surface area contributed by atoms with Crippen molar-refractivity contribution in [3.05, 3.63) is 12.2 Å². The summed E-state index contributed by atoms with van der Waals surface area (Å²) in [7, 11) is 1.72. The highest BCUT2D eigenvalue weighted by Crippen LogP contribution is 2.04. The van der Waals surface area contributed by atoms with E-state index >= 15 is 0 Å². The monoisotopic (exact) mass is 198 g/mol. The lowest BCUT2D eigenvalue weighted by atomic mass is 10.0. The van der Waals surface area contributed by atoms with Crippen LogP contribution in [0.4, 0.5) is 0 Å². The molecule has 0 aliphatic carbocycles. The predicted octanol–water partition coefficient (Wildman–Crippen LogP) is -0.407. The fraction of sp³-hybridized carbons (Fsp3) is 0.556. The van der Waals surface area contributed by atoms with Crippen molar-refractivity contribution >= 4 is 11.7 Å². The molecule has 5 nitrogen and oxygen atoms in total. The number of guanidine groups is 1. The first-order valence-electron chi connectivity index (χ1n) is 4.42. The van der Waals surface area contributed by atoms with Crippen LogP contribution < -0.4 is 16.4 Å². The van der Waals surface area contributed by atoms with Crippen LogP contribution in [0.25, 0.3) is 0 Å². The number of nitrogens with one attached hydrogen (secondary N) is 3. The average molecular weight is 198 g/mol. The summed E-state index contributed by atoms with van der Waals surface area (Å²) in [5.74, 6) is -0.0260. The van der Waals surface area contributed by atoms with Crippen LogP contribution in [-0.2, 0) is 4.79 Å². The highest BCUT2D eigenvalue weighted by molar-refractivity contribution is 5.84. The van der Waals surface area contributed by atoms with E-state index in [2.05, 4.69) is 17.2 Å². The molecule has 5 heteroatoms. The molecular weight excluding hydrogens is 180 g/mol. The Morgan fingerprint density at radius 1 is 1.64 bits per heavy atom. The van der Waals surface area contributed by atoms with E-state index in [0.717, 1.165) is 5.57 Å². The largest absolute Gasteiger partial charge is 0.370 e. The third-order valence-electron chi connectivity index (χ3n) is 1.87. The Morgan fingerprint density at radius 3 is 2.57 bits per heavy atom. The molecular formula is C9H18N4O. The van der Waals surface area contributed by atoms with Gasteiger partial charge in [0.05, 0.1) is 6.04 Å². The van der Waals surface area contributed by atoms with Crippen molar-refractivity contribution in [1.82, 2.24) is 10.6 Å². The highest BCUT2D eigenvalue weighted by Gasteiger charge is 2.14. The Balaban J connectivity index is 3.93. The van der Waals surface area contributed by atoms with Crippen LogP contribution in [0.15, 0.2) is 12.2 Å². The van der Waals surface area contributed by atoms with E-state index in [9.17, 15) is 4.79 Å². The van der Waals surface area contributed by atoms with Gasteiger partial charge < -0.3 is 16.4 Å². The van der Waals surface area contributed by atoms with Crippen LogP contribution in [0.1, 0.15) is 13.3 Å². The molecule has 0 rings (SSSR count). The fourth-order valence-corrected chi connectivity index (χ4v) is 1.20. The summed E-state index contributed by atoms with van der Waals surface area (Å²) < 4.78 is 0. The molecule has 0 spiro atoms. The fourth-order valence-electron chi connectivity index (χ4n) is 1.20. The second-order valence-electron chi connectivity index (χ2n) is 3.08. The molecule has 0 unspecified atom stereocenters. The molecule has 0 aromatic carbocycles. The molecule has 5 N–H and O–H groups in total. The summed E-state index contributed by atoms with van der Waals surface area (Å²) in [4.78, 5) is 11.1. The van der Waals surface area contributed by atoms with E-state index in [4.69, 9.17) is 11.1 Å². The molecule has 0 aromatic rings. The van der Waals surface area contributed by atoms with Gasteiger partial charge in [0.2, 0.25) is 0 Å². The maximum Gasteiger partial charge on any atom is 0.185 e. The summed E-state index contributed by atoms with van der Waals surface area (Å²) >= 11 is 0. The summed E-state index contributed by atoms with van der Waals surface area (Å²) in [6.07, 6.45) is 0.616. The molecule has 0 saturated carbocycles. The van der Waals surface area contributed by atoms with Gasteiger partial charge in [0.15, 0.2) is 11.7 Å². The van der Waals surface area contributed by atoms with Gasteiger partial charge in [0.25, 0.3) is 0 Å². The second-order valence-corrected chi connectivity index (χ2v) is 3.08. The van der Waals surface area contributed by atoms with E-state index in [1.54, 1.807) is 7.05 Å². The zero-order chi connectivity index (χ0) is 11.1. The van der Waals surface area contributed by atoms with Crippen molar-refractivity contribution in [1.29, 1.82) is 5.41 Å². The van der Waals surface area contributed by atoms with Crippen LogP contribution in [0.3, 0.4) is 0 Å². The van der Waals surface area contributed by atoms with E-state index in [1.165, 1.54) is 6.92 Å². The molecule has 14 heavy (non-hydrogen) atoms. The minimum atomic E-state index is -0.302. The molecule has 0 heterocycles. The van der Waals surface area contributed by atoms with Gasteiger partial charge in [-0.1, -0.05) is 12.2 Å². The number of hydrogen-bond donors (Lipinski definition) is 4. The Bertz CT molecular complexity index is 237. The summed E-state index contributed by atoms with van der Waals surface area (Å²) in [5, 5.41) is 12.5. The van der Waals surface area contributed by atoms with Gasteiger partial charge in [-0.3, -0.25) is 10.2 Å². The van der Waals surface area contributed by atoms with E-state index in [0.29, 0.717) is 13.0 Å². The highest BCUT2D eigenvalue weighted by atomic mass is 16.1. The lowest BCUT2D eigenvalue weighted by molar-refractivity contribution is -0.118. The van der Waals surface area contributed by atoms with Crippen LogP contribution in [0.2, 0.25) is 0 Å². The van der Waals surface area contributed by atoms with Gasteiger partial charge in [-0.15, -0.1) is 0 Å². The molecule has 80 valence electrons. The van der Waals surface area contributed by atoms with Gasteiger partial charge in [0.1, 0.15) is 0 Å². The molecule has 0 aliphatic heterocycles. The Labute approximate surface area is 84.3 Å². The number of Topliss-reactive ketones (excluding diaryl/α,β-unsaturated/α-hetero) is 1. The third-order valence-corrected chi connectivity index (χ3v) is 1.87. The quantitative estimate of drug-likeness (QED) is 0.265. The van der Waals surface area contributed by atoms with Gasteiger partial charge in [-0.2, -0.15) is 0 Å². The Morgan fingerprint density at radius 2 is 2.21 bits per heavy atom. The molecule has 0 radical (unpaired) electrons. The number of likely N-dealkylation sites (N-methyl/N-ethyl adjacent to an activating group) is 1. The molecule has 0 amide bonds. The van der Waals surface area contributed by atoms with Gasteiger partial charge in [0, 0.05) is 6.54 Å². The first kappa shape index (κ1) is 12.6. The lowest BCUT2D eigenvalue weighted by Crippen LogP contribution is -2.36. The van der Waals surface area contributed by atoms with Crippen LogP contribution in [-0.4, -0.2) is 31.4 Å². The SMILES string of the molecule is C=C(CCNC(=N)N)[C@H](NC)C(C)=O. The molecule has 0 aliphatic rings. The van der Waals surface area contributed by atoms with Crippen molar-refractivity contribution in [2.75, 3.05) is 13.6 Å². The molecule has 0 bridgehead atoms. The lowest BCUT2D eigenvalue weighted by Gasteiger charge is -2.15. The minimum absolute atomic E-state index is 0.0420. The summed E-state index contributed by atoms with van der Waals surface area (Å²) in [6.45, 7) is 5.86. The van der Waals surface area contributed by atoms with E-state index in [-0.39, 0.29) is 17.8 Å². The number of nitrogens with two attached hydrogens (primary N) is 1. The topological polar surface area (TPSA) is 91.0 Å². The number of carbonyl (C=O) groups is 1. The normalized spacial score (nSPS) is 11.9.